The van der Waals surface area contributed by atoms with Gasteiger partial charge in [-0.25, -0.2) is 0 Å². The van der Waals surface area contributed by atoms with Crippen molar-refractivity contribution in [2.24, 2.45) is 5.41 Å². The number of benzene rings is 1. The molecule has 0 spiro atoms. The van der Waals surface area contributed by atoms with Crippen molar-refractivity contribution in [3.63, 3.8) is 0 Å². The number of rotatable bonds is 7. The van der Waals surface area contributed by atoms with E-state index in [1.165, 1.54) is 5.56 Å². The van der Waals surface area contributed by atoms with E-state index in [1.807, 2.05) is 25.1 Å². The van der Waals surface area contributed by atoms with Gasteiger partial charge in [-0.15, -0.1) is 0 Å². The van der Waals surface area contributed by atoms with Gasteiger partial charge in [-0.2, -0.15) is 0 Å². The van der Waals surface area contributed by atoms with Crippen molar-refractivity contribution in [3.8, 4) is 0 Å². The van der Waals surface area contributed by atoms with Gasteiger partial charge in [0.25, 0.3) is 0 Å². The molecule has 0 aliphatic carbocycles. The molecule has 1 aromatic carbocycles. The van der Waals surface area contributed by atoms with Gasteiger partial charge in [0.15, 0.2) is 0 Å². The van der Waals surface area contributed by atoms with E-state index in [-0.39, 0.29) is 12.6 Å². The average molecular weight is 279 g/mol. The Balaban J connectivity index is 2.42. The van der Waals surface area contributed by atoms with Crippen LogP contribution in [0.1, 0.15) is 32.8 Å². The number of carbonyl (C=O) groups excluding carboxylic acids is 1. The molecule has 3 N–H and O–H groups in total. The van der Waals surface area contributed by atoms with E-state index in [0.29, 0.717) is 0 Å². The van der Waals surface area contributed by atoms with Gasteiger partial charge < -0.3 is 15.5 Å². The minimum atomic E-state index is -1.20. The summed E-state index contributed by atoms with van der Waals surface area (Å²) in [4.78, 5) is 11.9. The Morgan fingerprint density at radius 1 is 1.30 bits per heavy atom. The molecule has 0 aromatic heterocycles. The average Bonchev–Trinajstić information content (AvgIpc) is 2.45. The smallest absolute Gasteiger partial charge is 0.249 e. The Morgan fingerprint density at radius 2 is 1.90 bits per heavy atom. The third kappa shape index (κ3) is 4.94. The number of aliphatic hydroxyl groups excluding tert-OH is 2. The van der Waals surface area contributed by atoms with Crippen LogP contribution in [0.5, 0.6) is 0 Å². The number of aliphatic hydroxyl groups is 2. The molecule has 0 fully saturated rings. The van der Waals surface area contributed by atoms with Crippen LogP contribution in [0.15, 0.2) is 30.3 Å². The lowest BCUT2D eigenvalue weighted by Gasteiger charge is -2.28. The first kappa shape index (κ1) is 16.7. The zero-order valence-electron chi connectivity index (χ0n) is 12.5. The second-order valence-corrected chi connectivity index (χ2v) is 5.98. The molecule has 0 bridgehead atoms. The van der Waals surface area contributed by atoms with Crippen LogP contribution in [0.25, 0.3) is 0 Å². The van der Waals surface area contributed by atoms with Crippen molar-refractivity contribution in [3.05, 3.63) is 35.9 Å². The molecule has 4 nitrogen and oxygen atoms in total. The van der Waals surface area contributed by atoms with E-state index in [1.54, 1.807) is 13.8 Å². The molecule has 20 heavy (non-hydrogen) atoms. The summed E-state index contributed by atoms with van der Waals surface area (Å²) in [5.41, 5.74) is 0.397. The van der Waals surface area contributed by atoms with Gasteiger partial charge in [0.05, 0.1) is 6.61 Å². The van der Waals surface area contributed by atoms with Crippen molar-refractivity contribution >= 4 is 5.91 Å². The Bertz CT molecular complexity index is 417. The normalized spacial score (nSPS) is 14.7. The van der Waals surface area contributed by atoms with Crippen LogP contribution in [-0.2, 0) is 11.2 Å². The predicted molar refractivity (Wildman–Crippen MR) is 79.2 cm³/mol. The van der Waals surface area contributed by atoms with E-state index in [4.69, 9.17) is 5.11 Å². The highest BCUT2D eigenvalue weighted by Gasteiger charge is 2.33. The molecular weight excluding hydrogens is 254 g/mol. The van der Waals surface area contributed by atoms with Gasteiger partial charge in [0.2, 0.25) is 5.91 Å². The van der Waals surface area contributed by atoms with Crippen molar-refractivity contribution in [1.82, 2.24) is 5.32 Å². The summed E-state index contributed by atoms with van der Waals surface area (Å²) in [6, 6.07) is 10.0. The molecule has 2 atom stereocenters. The van der Waals surface area contributed by atoms with Gasteiger partial charge >= 0.3 is 0 Å². The number of hydrogen-bond donors (Lipinski definition) is 3. The van der Waals surface area contributed by atoms with E-state index >= 15 is 0 Å². The maximum absolute atomic E-state index is 11.9. The Morgan fingerprint density at radius 3 is 2.45 bits per heavy atom. The monoisotopic (exact) mass is 279 g/mol. The van der Waals surface area contributed by atoms with E-state index < -0.39 is 17.4 Å². The summed E-state index contributed by atoms with van der Waals surface area (Å²) < 4.78 is 0. The fourth-order valence-corrected chi connectivity index (χ4v) is 1.86. The van der Waals surface area contributed by atoms with Crippen LogP contribution in [0.4, 0.5) is 0 Å². The summed E-state index contributed by atoms with van der Waals surface area (Å²) >= 11 is 0. The van der Waals surface area contributed by atoms with Gasteiger partial charge in [-0.1, -0.05) is 44.2 Å². The number of hydrogen-bond acceptors (Lipinski definition) is 3. The van der Waals surface area contributed by atoms with Crippen molar-refractivity contribution < 1.29 is 15.0 Å². The zero-order valence-corrected chi connectivity index (χ0v) is 12.5. The van der Waals surface area contributed by atoms with Gasteiger partial charge in [-0.3, -0.25) is 4.79 Å². The van der Waals surface area contributed by atoms with Crippen molar-refractivity contribution in [2.75, 3.05) is 6.61 Å². The Hall–Kier alpha value is -1.39. The van der Waals surface area contributed by atoms with Crippen LogP contribution in [0, 0.1) is 5.41 Å². The zero-order chi connectivity index (χ0) is 15.2. The SMILES string of the molecule is C[C@@H](CCc1ccccc1)NC(=O)[C@H](O)C(C)(C)CO. The Kier molecular flexibility index (Phi) is 6.17. The van der Waals surface area contributed by atoms with Gasteiger partial charge in [-0.05, 0) is 25.3 Å². The lowest BCUT2D eigenvalue weighted by molar-refractivity contribution is -0.137. The lowest BCUT2D eigenvalue weighted by atomic mass is 9.87. The van der Waals surface area contributed by atoms with Crippen LogP contribution in [-0.4, -0.2) is 34.9 Å². The quantitative estimate of drug-likeness (QED) is 0.708. The lowest BCUT2D eigenvalue weighted by Crippen LogP contribution is -2.48. The highest BCUT2D eigenvalue weighted by atomic mass is 16.3. The first-order valence-corrected chi connectivity index (χ1v) is 7.00. The van der Waals surface area contributed by atoms with Crippen LogP contribution >= 0.6 is 0 Å². The summed E-state index contributed by atoms with van der Waals surface area (Å²) in [5.74, 6) is -0.426. The second-order valence-electron chi connectivity index (χ2n) is 5.98. The summed E-state index contributed by atoms with van der Waals surface area (Å²) in [6.45, 7) is 5.00. The largest absolute Gasteiger partial charge is 0.396 e. The molecule has 112 valence electrons. The van der Waals surface area contributed by atoms with Crippen molar-refractivity contribution in [2.45, 2.75) is 45.8 Å². The molecular formula is C16H25NO3. The fourth-order valence-electron chi connectivity index (χ4n) is 1.86. The van der Waals surface area contributed by atoms with Crippen molar-refractivity contribution in [1.29, 1.82) is 0 Å². The molecule has 0 saturated heterocycles. The molecule has 1 aromatic rings. The number of nitrogens with one attached hydrogen (secondary N) is 1. The maximum atomic E-state index is 11.9. The molecule has 0 unspecified atom stereocenters. The summed E-state index contributed by atoms with van der Waals surface area (Å²) in [6.07, 6.45) is 0.482. The molecule has 0 aliphatic heterocycles. The second kappa shape index (κ2) is 7.41. The van der Waals surface area contributed by atoms with Gasteiger partial charge in [0, 0.05) is 11.5 Å². The van der Waals surface area contributed by atoms with E-state index in [9.17, 15) is 9.90 Å². The maximum Gasteiger partial charge on any atom is 0.249 e. The number of amides is 1. The molecule has 0 heterocycles. The molecule has 4 heteroatoms. The highest BCUT2D eigenvalue weighted by molar-refractivity contribution is 5.81. The first-order valence-electron chi connectivity index (χ1n) is 7.00. The molecule has 1 rings (SSSR count). The topological polar surface area (TPSA) is 69.6 Å². The third-order valence-corrected chi connectivity index (χ3v) is 3.49. The Labute approximate surface area is 120 Å². The summed E-state index contributed by atoms with van der Waals surface area (Å²) in [5, 5.41) is 21.9. The minimum absolute atomic E-state index is 0.0214. The predicted octanol–water partition coefficient (Wildman–Crippen LogP) is 1.50. The van der Waals surface area contributed by atoms with Gasteiger partial charge in [0.1, 0.15) is 6.10 Å². The highest BCUT2D eigenvalue weighted by Crippen LogP contribution is 2.19. The molecule has 0 aliphatic rings. The number of aryl methyl sites for hydroxylation is 1. The fraction of sp³-hybridized carbons (Fsp3) is 0.562. The molecule has 0 radical (unpaired) electrons. The van der Waals surface area contributed by atoms with E-state index in [2.05, 4.69) is 17.4 Å². The standard InChI is InChI=1S/C16H25NO3/c1-12(9-10-13-7-5-4-6-8-13)17-15(20)14(19)16(2,3)11-18/h4-8,12,14,18-19H,9-11H2,1-3H3,(H,17,20)/t12-,14-/m0/s1. The molecule has 0 saturated carbocycles. The van der Waals surface area contributed by atoms with Crippen LogP contribution in [0.3, 0.4) is 0 Å². The minimum Gasteiger partial charge on any atom is -0.396 e. The first-order chi connectivity index (χ1) is 9.36. The molecule has 1 amide bonds. The third-order valence-electron chi connectivity index (χ3n) is 3.49. The van der Waals surface area contributed by atoms with E-state index in [0.717, 1.165) is 12.8 Å². The summed E-state index contributed by atoms with van der Waals surface area (Å²) in [7, 11) is 0. The number of carbonyl (C=O) groups is 1. The van der Waals surface area contributed by atoms with Crippen LogP contribution in [0.2, 0.25) is 0 Å². The van der Waals surface area contributed by atoms with Crippen LogP contribution < -0.4 is 5.32 Å².